The summed E-state index contributed by atoms with van der Waals surface area (Å²) in [5.74, 6) is 0.104. The van der Waals surface area contributed by atoms with Crippen LogP contribution < -0.4 is 10.6 Å². The predicted octanol–water partition coefficient (Wildman–Crippen LogP) is 1.02. The van der Waals surface area contributed by atoms with Crippen molar-refractivity contribution in [2.45, 2.75) is 57.3 Å². The van der Waals surface area contributed by atoms with Crippen LogP contribution in [0, 0.1) is 5.92 Å². The summed E-state index contributed by atoms with van der Waals surface area (Å²) in [6.45, 7) is 4.41. The van der Waals surface area contributed by atoms with Gasteiger partial charge in [-0.1, -0.05) is 18.2 Å². The van der Waals surface area contributed by atoms with Crippen LogP contribution in [0.2, 0.25) is 0 Å². The number of fused-ring (bicyclic) bond motifs is 2. The Labute approximate surface area is 170 Å². The Bertz CT molecular complexity index is 854. The Morgan fingerprint density at radius 2 is 2.00 bits per heavy atom. The minimum atomic E-state index is -0.553. The lowest BCUT2D eigenvalue weighted by Crippen LogP contribution is -2.53. The summed E-state index contributed by atoms with van der Waals surface area (Å²) in [6.07, 6.45) is 4.50. The van der Waals surface area contributed by atoms with Crippen LogP contribution in [-0.4, -0.2) is 59.2 Å². The molecule has 3 fully saturated rings. The van der Waals surface area contributed by atoms with E-state index in [2.05, 4.69) is 15.5 Å². The van der Waals surface area contributed by atoms with E-state index < -0.39 is 6.04 Å². The fourth-order valence-electron chi connectivity index (χ4n) is 5.50. The van der Waals surface area contributed by atoms with Crippen molar-refractivity contribution in [3.8, 4) is 0 Å². The average Bonchev–Trinajstić information content (AvgIpc) is 3.05. The molecule has 7 nitrogen and oxygen atoms in total. The molecule has 4 aliphatic heterocycles. The molecule has 1 aromatic rings. The summed E-state index contributed by atoms with van der Waals surface area (Å²) >= 11 is 0. The lowest BCUT2D eigenvalue weighted by atomic mass is 9.84. The van der Waals surface area contributed by atoms with Crippen LogP contribution in [0.3, 0.4) is 0 Å². The number of carbonyl (C=O) groups excluding carboxylic acids is 3. The molecule has 3 saturated heterocycles. The van der Waals surface area contributed by atoms with Crippen LogP contribution in [0.4, 0.5) is 0 Å². The Balaban J connectivity index is 1.32. The van der Waals surface area contributed by atoms with Crippen molar-refractivity contribution in [2.24, 2.45) is 5.92 Å². The van der Waals surface area contributed by atoms with Gasteiger partial charge in [0.05, 0.1) is 0 Å². The summed E-state index contributed by atoms with van der Waals surface area (Å²) in [4.78, 5) is 41.1. The van der Waals surface area contributed by atoms with E-state index in [0.29, 0.717) is 19.0 Å². The van der Waals surface area contributed by atoms with Crippen LogP contribution in [-0.2, 0) is 22.7 Å². The zero-order chi connectivity index (χ0) is 20.0. The van der Waals surface area contributed by atoms with Crippen molar-refractivity contribution < 1.29 is 14.4 Å². The number of rotatable bonds is 3. The van der Waals surface area contributed by atoms with Gasteiger partial charge in [0.1, 0.15) is 6.04 Å². The highest BCUT2D eigenvalue weighted by atomic mass is 16.2. The number of piperidine rings is 3. The van der Waals surface area contributed by atoms with E-state index in [9.17, 15) is 14.4 Å². The lowest BCUT2D eigenvalue weighted by Gasteiger charge is -2.42. The molecule has 3 unspecified atom stereocenters. The lowest BCUT2D eigenvalue weighted by molar-refractivity contribution is -0.136. The van der Waals surface area contributed by atoms with E-state index in [1.54, 1.807) is 4.90 Å². The number of hydrogen-bond acceptors (Lipinski definition) is 5. The first-order valence-corrected chi connectivity index (χ1v) is 10.8. The van der Waals surface area contributed by atoms with Crippen molar-refractivity contribution in [2.75, 3.05) is 19.6 Å². The molecule has 29 heavy (non-hydrogen) atoms. The van der Waals surface area contributed by atoms with Crippen LogP contribution in [0.1, 0.15) is 53.6 Å². The summed E-state index contributed by atoms with van der Waals surface area (Å²) in [5.41, 5.74) is 2.80. The first kappa shape index (κ1) is 18.8. The highest BCUT2D eigenvalue weighted by molar-refractivity contribution is 6.05. The van der Waals surface area contributed by atoms with Gasteiger partial charge < -0.3 is 10.2 Å². The molecule has 1 aromatic carbocycles. The Morgan fingerprint density at radius 3 is 2.86 bits per heavy atom. The number of imide groups is 1. The van der Waals surface area contributed by atoms with Gasteiger partial charge in [-0.3, -0.25) is 24.6 Å². The predicted molar refractivity (Wildman–Crippen MR) is 107 cm³/mol. The smallest absolute Gasteiger partial charge is 0.255 e. The Morgan fingerprint density at radius 1 is 1.10 bits per heavy atom. The molecule has 5 rings (SSSR count). The minimum absolute atomic E-state index is 0.0734. The molecule has 4 heterocycles. The molecule has 4 aliphatic rings. The third kappa shape index (κ3) is 3.46. The van der Waals surface area contributed by atoms with Crippen molar-refractivity contribution in [3.05, 3.63) is 34.9 Å². The normalized spacial score (nSPS) is 30.1. The maximum absolute atomic E-state index is 13.2. The SMILES string of the molecule is O=C1CCC(N2Cc3cccc(CN4CCC5CCCNC5C4)c3C2=O)C(=O)N1. The van der Waals surface area contributed by atoms with E-state index in [4.69, 9.17) is 0 Å². The first-order chi connectivity index (χ1) is 14.1. The molecule has 3 amide bonds. The number of nitrogens with zero attached hydrogens (tertiary/aromatic N) is 2. The maximum Gasteiger partial charge on any atom is 0.255 e. The second kappa shape index (κ2) is 7.54. The van der Waals surface area contributed by atoms with Gasteiger partial charge in [0.25, 0.3) is 5.91 Å². The average molecular weight is 396 g/mol. The zero-order valence-corrected chi connectivity index (χ0v) is 16.7. The van der Waals surface area contributed by atoms with Gasteiger partial charge in [0.15, 0.2) is 0 Å². The van der Waals surface area contributed by atoms with Gasteiger partial charge in [0, 0.05) is 37.7 Å². The van der Waals surface area contributed by atoms with Crippen LogP contribution in [0.15, 0.2) is 18.2 Å². The van der Waals surface area contributed by atoms with Crippen molar-refractivity contribution >= 4 is 17.7 Å². The highest BCUT2D eigenvalue weighted by Gasteiger charge is 2.40. The molecule has 0 spiro atoms. The van der Waals surface area contributed by atoms with Gasteiger partial charge in [-0.25, -0.2) is 0 Å². The molecule has 0 saturated carbocycles. The molecule has 0 bridgehead atoms. The number of carbonyl (C=O) groups is 3. The molecule has 0 radical (unpaired) electrons. The van der Waals surface area contributed by atoms with Crippen LogP contribution >= 0.6 is 0 Å². The number of likely N-dealkylation sites (tertiary alicyclic amines) is 1. The van der Waals surface area contributed by atoms with Crippen molar-refractivity contribution in [1.29, 1.82) is 0 Å². The summed E-state index contributed by atoms with van der Waals surface area (Å²) < 4.78 is 0. The quantitative estimate of drug-likeness (QED) is 0.746. The fourth-order valence-corrected chi connectivity index (χ4v) is 5.50. The number of hydrogen-bond donors (Lipinski definition) is 2. The monoisotopic (exact) mass is 396 g/mol. The van der Waals surface area contributed by atoms with Crippen LogP contribution in [0.5, 0.6) is 0 Å². The first-order valence-electron chi connectivity index (χ1n) is 10.8. The van der Waals surface area contributed by atoms with E-state index >= 15 is 0 Å². The Kier molecular flexibility index (Phi) is 4.87. The Hall–Kier alpha value is -2.25. The van der Waals surface area contributed by atoms with Crippen molar-refractivity contribution in [3.63, 3.8) is 0 Å². The highest BCUT2D eigenvalue weighted by Crippen LogP contribution is 2.32. The summed E-state index contributed by atoms with van der Waals surface area (Å²) in [7, 11) is 0. The molecule has 7 heteroatoms. The molecule has 0 aromatic heterocycles. The molecular formula is C22H28N4O3. The van der Waals surface area contributed by atoms with E-state index in [0.717, 1.165) is 48.8 Å². The second-order valence-corrected chi connectivity index (χ2v) is 8.84. The summed E-state index contributed by atoms with van der Waals surface area (Å²) in [5, 5.41) is 6.04. The van der Waals surface area contributed by atoms with Gasteiger partial charge in [-0.15, -0.1) is 0 Å². The van der Waals surface area contributed by atoms with Crippen LogP contribution in [0.25, 0.3) is 0 Å². The van der Waals surface area contributed by atoms with Gasteiger partial charge in [0.2, 0.25) is 11.8 Å². The number of nitrogens with one attached hydrogen (secondary N) is 2. The zero-order valence-electron chi connectivity index (χ0n) is 16.7. The molecular weight excluding hydrogens is 368 g/mol. The number of benzene rings is 1. The van der Waals surface area contributed by atoms with Gasteiger partial charge >= 0.3 is 0 Å². The molecule has 0 aliphatic carbocycles. The number of amides is 3. The molecule has 154 valence electrons. The summed E-state index contributed by atoms with van der Waals surface area (Å²) in [6, 6.07) is 6.05. The fraction of sp³-hybridized carbons (Fsp3) is 0.591. The standard InChI is InChI=1S/C22H28N4O3/c27-19-7-6-18(21(28)24-19)26-12-16-4-1-3-15(20(16)22(26)29)11-25-10-8-14-5-2-9-23-17(14)13-25/h1,3-4,14,17-18,23H,2,5-13H2,(H,24,27,28). The maximum atomic E-state index is 13.2. The molecule has 2 N–H and O–H groups in total. The topological polar surface area (TPSA) is 81.8 Å². The largest absolute Gasteiger partial charge is 0.322 e. The van der Waals surface area contributed by atoms with E-state index in [1.807, 2.05) is 18.2 Å². The van der Waals surface area contributed by atoms with E-state index in [-0.39, 0.29) is 24.1 Å². The van der Waals surface area contributed by atoms with Gasteiger partial charge in [-0.05, 0) is 55.8 Å². The second-order valence-electron chi connectivity index (χ2n) is 8.84. The third-order valence-corrected chi connectivity index (χ3v) is 7.03. The minimum Gasteiger partial charge on any atom is -0.322 e. The van der Waals surface area contributed by atoms with Gasteiger partial charge in [-0.2, -0.15) is 0 Å². The molecule has 3 atom stereocenters. The third-order valence-electron chi connectivity index (χ3n) is 7.03. The van der Waals surface area contributed by atoms with Crippen molar-refractivity contribution in [1.82, 2.24) is 20.4 Å². The van der Waals surface area contributed by atoms with E-state index in [1.165, 1.54) is 19.3 Å².